The summed E-state index contributed by atoms with van der Waals surface area (Å²) in [6, 6.07) is 5.74. The number of nitrogens with zero attached hydrogens (tertiary/aromatic N) is 1. The standard InChI is InChI=1S/C15H22N2O3/c1-19-13-9-12(10-14(11-13)20-2)3-4-15(18)17-7-5-16-6-8-17/h9-11,16H,3-8H2,1-2H3. The summed E-state index contributed by atoms with van der Waals surface area (Å²) in [4.78, 5) is 14.0. The Labute approximate surface area is 119 Å². The first-order valence-electron chi connectivity index (χ1n) is 6.93. The molecule has 1 N–H and O–H groups in total. The topological polar surface area (TPSA) is 50.8 Å². The van der Waals surface area contributed by atoms with Gasteiger partial charge in [-0.25, -0.2) is 0 Å². The lowest BCUT2D eigenvalue weighted by molar-refractivity contribution is -0.131. The predicted octanol–water partition coefficient (Wildman–Crippen LogP) is 1.07. The summed E-state index contributed by atoms with van der Waals surface area (Å²) in [5.74, 6) is 1.73. The van der Waals surface area contributed by atoms with Gasteiger partial charge in [0.05, 0.1) is 14.2 Å². The molecule has 0 spiro atoms. The Morgan fingerprint density at radius 3 is 2.30 bits per heavy atom. The molecule has 0 radical (unpaired) electrons. The van der Waals surface area contributed by atoms with Gasteiger partial charge in [0.1, 0.15) is 11.5 Å². The van der Waals surface area contributed by atoms with E-state index in [2.05, 4.69) is 5.32 Å². The SMILES string of the molecule is COc1cc(CCC(=O)N2CCNCC2)cc(OC)c1. The van der Waals surface area contributed by atoms with Crippen LogP contribution in [-0.4, -0.2) is 51.2 Å². The summed E-state index contributed by atoms with van der Waals surface area (Å²) < 4.78 is 10.5. The van der Waals surface area contributed by atoms with E-state index in [1.807, 2.05) is 23.1 Å². The highest BCUT2D eigenvalue weighted by molar-refractivity contribution is 5.76. The maximum atomic E-state index is 12.1. The molecular weight excluding hydrogens is 256 g/mol. The van der Waals surface area contributed by atoms with Gasteiger partial charge in [0.2, 0.25) is 5.91 Å². The Hall–Kier alpha value is -1.75. The van der Waals surface area contributed by atoms with Gasteiger partial charge in [0.15, 0.2) is 0 Å². The summed E-state index contributed by atoms with van der Waals surface area (Å²) in [6.45, 7) is 3.39. The zero-order valence-corrected chi connectivity index (χ0v) is 12.1. The summed E-state index contributed by atoms with van der Waals surface area (Å²) in [7, 11) is 3.26. The van der Waals surface area contributed by atoms with Crippen molar-refractivity contribution in [3.05, 3.63) is 23.8 Å². The molecule has 1 heterocycles. The number of carbonyl (C=O) groups excluding carboxylic acids is 1. The van der Waals surface area contributed by atoms with Crippen molar-refractivity contribution in [3.63, 3.8) is 0 Å². The van der Waals surface area contributed by atoms with Gasteiger partial charge in [-0.2, -0.15) is 0 Å². The molecule has 1 aromatic carbocycles. The van der Waals surface area contributed by atoms with Gasteiger partial charge in [-0.05, 0) is 24.1 Å². The van der Waals surface area contributed by atoms with Crippen LogP contribution >= 0.6 is 0 Å². The van der Waals surface area contributed by atoms with Crippen molar-refractivity contribution in [1.29, 1.82) is 0 Å². The number of aryl methyl sites for hydroxylation is 1. The molecule has 1 saturated heterocycles. The Balaban J connectivity index is 1.94. The van der Waals surface area contributed by atoms with Gasteiger partial charge in [-0.15, -0.1) is 0 Å². The Morgan fingerprint density at radius 1 is 1.15 bits per heavy atom. The fourth-order valence-corrected chi connectivity index (χ4v) is 2.33. The summed E-state index contributed by atoms with van der Waals surface area (Å²) in [5, 5.41) is 3.25. The first-order valence-corrected chi connectivity index (χ1v) is 6.93. The maximum absolute atomic E-state index is 12.1. The minimum atomic E-state index is 0.216. The molecule has 0 aromatic heterocycles. The van der Waals surface area contributed by atoms with Crippen LogP contribution in [0.25, 0.3) is 0 Å². The fraction of sp³-hybridized carbons (Fsp3) is 0.533. The van der Waals surface area contributed by atoms with Crippen LogP contribution in [0.5, 0.6) is 11.5 Å². The number of nitrogens with one attached hydrogen (secondary N) is 1. The molecule has 1 aliphatic heterocycles. The highest BCUT2D eigenvalue weighted by atomic mass is 16.5. The average molecular weight is 278 g/mol. The molecule has 110 valence electrons. The number of carbonyl (C=O) groups is 1. The molecule has 0 aliphatic carbocycles. The molecule has 1 aromatic rings. The van der Waals surface area contributed by atoms with Gasteiger partial charge in [0, 0.05) is 38.7 Å². The van der Waals surface area contributed by atoms with E-state index in [4.69, 9.17) is 9.47 Å². The minimum Gasteiger partial charge on any atom is -0.497 e. The van der Waals surface area contributed by atoms with Crippen LogP contribution in [0.15, 0.2) is 18.2 Å². The number of rotatable bonds is 5. The van der Waals surface area contributed by atoms with Gasteiger partial charge >= 0.3 is 0 Å². The number of piperazine rings is 1. The van der Waals surface area contributed by atoms with Crippen molar-refractivity contribution in [3.8, 4) is 11.5 Å². The highest BCUT2D eigenvalue weighted by Gasteiger charge is 2.16. The monoisotopic (exact) mass is 278 g/mol. The van der Waals surface area contributed by atoms with Crippen LogP contribution in [0.4, 0.5) is 0 Å². The molecule has 20 heavy (non-hydrogen) atoms. The quantitative estimate of drug-likeness (QED) is 0.875. The van der Waals surface area contributed by atoms with Crippen LogP contribution in [0.2, 0.25) is 0 Å². The smallest absolute Gasteiger partial charge is 0.222 e. The van der Waals surface area contributed by atoms with Crippen molar-refractivity contribution in [1.82, 2.24) is 10.2 Å². The van der Waals surface area contributed by atoms with Crippen LogP contribution in [0, 0.1) is 0 Å². The first kappa shape index (κ1) is 14.7. The van der Waals surface area contributed by atoms with Gasteiger partial charge in [-0.3, -0.25) is 4.79 Å². The second kappa shape index (κ2) is 7.14. The number of methoxy groups -OCH3 is 2. The molecule has 5 heteroatoms. The van der Waals surface area contributed by atoms with Crippen molar-refractivity contribution < 1.29 is 14.3 Å². The van der Waals surface area contributed by atoms with Crippen LogP contribution in [0.3, 0.4) is 0 Å². The zero-order chi connectivity index (χ0) is 14.4. The third kappa shape index (κ3) is 3.87. The predicted molar refractivity (Wildman–Crippen MR) is 77.3 cm³/mol. The molecule has 0 bridgehead atoms. The molecule has 1 aliphatic rings. The summed E-state index contributed by atoms with van der Waals surface area (Å²) in [6.07, 6.45) is 1.23. The van der Waals surface area contributed by atoms with E-state index in [1.54, 1.807) is 14.2 Å². The van der Waals surface area contributed by atoms with E-state index in [1.165, 1.54) is 0 Å². The zero-order valence-electron chi connectivity index (χ0n) is 12.1. The number of amides is 1. The van der Waals surface area contributed by atoms with E-state index < -0.39 is 0 Å². The lowest BCUT2D eigenvalue weighted by Gasteiger charge is -2.27. The minimum absolute atomic E-state index is 0.216. The second-order valence-electron chi connectivity index (χ2n) is 4.85. The van der Waals surface area contributed by atoms with Gasteiger partial charge < -0.3 is 19.7 Å². The second-order valence-corrected chi connectivity index (χ2v) is 4.85. The molecule has 0 unspecified atom stereocenters. The van der Waals surface area contributed by atoms with E-state index in [0.717, 1.165) is 43.2 Å². The van der Waals surface area contributed by atoms with Crippen LogP contribution in [-0.2, 0) is 11.2 Å². The number of ether oxygens (including phenoxy) is 2. The third-order valence-corrected chi connectivity index (χ3v) is 3.51. The largest absolute Gasteiger partial charge is 0.497 e. The van der Waals surface area contributed by atoms with Crippen molar-refractivity contribution >= 4 is 5.91 Å². The van der Waals surface area contributed by atoms with Crippen molar-refractivity contribution in [2.24, 2.45) is 0 Å². The fourth-order valence-electron chi connectivity index (χ4n) is 2.33. The van der Waals surface area contributed by atoms with Crippen LogP contribution in [0.1, 0.15) is 12.0 Å². The molecule has 5 nitrogen and oxygen atoms in total. The lowest BCUT2D eigenvalue weighted by Crippen LogP contribution is -2.46. The molecule has 2 rings (SSSR count). The van der Waals surface area contributed by atoms with Gasteiger partial charge in [0.25, 0.3) is 0 Å². The van der Waals surface area contributed by atoms with E-state index in [-0.39, 0.29) is 5.91 Å². The van der Waals surface area contributed by atoms with E-state index >= 15 is 0 Å². The number of benzene rings is 1. The molecule has 0 atom stereocenters. The Morgan fingerprint density at radius 2 is 1.75 bits per heavy atom. The molecule has 1 fully saturated rings. The molecular formula is C15H22N2O3. The molecule has 0 saturated carbocycles. The van der Waals surface area contributed by atoms with Crippen LogP contribution < -0.4 is 14.8 Å². The van der Waals surface area contributed by atoms with Gasteiger partial charge in [-0.1, -0.05) is 0 Å². The third-order valence-electron chi connectivity index (χ3n) is 3.51. The number of hydrogen-bond donors (Lipinski definition) is 1. The lowest BCUT2D eigenvalue weighted by atomic mass is 10.1. The molecule has 1 amide bonds. The van der Waals surface area contributed by atoms with E-state index in [0.29, 0.717) is 12.8 Å². The maximum Gasteiger partial charge on any atom is 0.222 e. The summed E-state index contributed by atoms with van der Waals surface area (Å²) in [5.41, 5.74) is 1.06. The highest BCUT2D eigenvalue weighted by Crippen LogP contribution is 2.23. The summed E-state index contributed by atoms with van der Waals surface area (Å²) >= 11 is 0. The van der Waals surface area contributed by atoms with E-state index in [9.17, 15) is 4.79 Å². The Bertz CT molecular complexity index is 434. The first-order chi connectivity index (χ1) is 9.72. The van der Waals surface area contributed by atoms with Crippen molar-refractivity contribution in [2.75, 3.05) is 40.4 Å². The average Bonchev–Trinajstić information content (AvgIpc) is 2.53. The normalized spacial score (nSPS) is 15.0. The van der Waals surface area contributed by atoms with Crippen molar-refractivity contribution in [2.45, 2.75) is 12.8 Å². The number of hydrogen-bond acceptors (Lipinski definition) is 4. The Kier molecular flexibility index (Phi) is 5.24.